The SMILES string of the molecule is CCCS(=O)(=O)N1CCc2c(c(C)nn2C)C1. The molecule has 17 heavy (non-hydrogen) atoms. The van der Waals surface area contributed by atoms with Crippen molar-refractivity contribution in [2.75, 3.05) is 12.3 Å². The number of rotatable bonds is 3. The summed E-state index contributed by atoms with van der Waals surface area (Å²) < 4.78 is 27.5. The molecule has 0 unspecified atom stereocenters. The summed E-state index contributed by atoms with van der Waals surface area (Å²) in [6.45, 7) is 4.89. The Labute approximate surface area is 102 Å². The minimum atomic E-state index is -3.09. The van der Waals surface area contributed by atoms with Gasteiger partial charge in [-0.2, -0.15) is 9.40 Å². The zero-order valence-corrected chi connectivity index (χ0v) is 11.4. The third-order valence-electron chi connectivity index (χ3n) is 3.26. The Kier molecular flexibility index (Phi) is 3.27. The van der Waals surface area contributed by atoms with Crippen molar-refractivity contribution in [1.82, 2.24) is 14.1 Å². The normalized spacial score (nSPS) is 17.1. The van der Waals surface area contributed by atoms with Crippen LogP contribution in [0.4, 0.5) is 0 Å². The number of sulfonamides is 1. The van der Waals surface area contributed by atoms with Crippen LogP contribution in [-0.2, 0) is 30.0 Å². The third-order valence-corrected chi connectivity index (χ3v) is 5.29. The maximum Gasteiger partial charge on any atom is 0.214 e. The fourth-order valence-electron chi connectivity index (χ4n) is 2.38. The highest BCUT2D eigenvalue weighted by Crippen LogP contribution is 2.23. The lowest BCUT2D eigenvalue weighted by Crippen LogP contribution is -2.37. The fraction of sp³-hybridized carbons (Fsp3) is 0.727. The molecule has 0 aliphatic carbocycles. The molecule has 0 fully saturated rings. The molecule has 0 bridgehead atoms. The molecule has 0 amide bonds. The number of hydrogen-bond donors (Lipinski definition) is 0. The van der Waals surface area contributed by atoms with E-state index in [-0.39, 0.29) is 5.75 Å². The van der Waals surface area contributed by atoms with Gasteiger partial charge in [0.25, 0.3) is 0 Å². The molecule has 96 valence electrons. The van der Waals surface area contributed by atoms with Gasteiger partial charge in [-0.25, -0.2) is 8.42 Å². The van der Waals surface area contributed by atoms with Gasteiger partial charge in [-0.15, -0.1) is 0 Å². The van der Waals surface area contributed by atoms with E-state index in [2.05, 4.69) is 5.10 Å². The van der Waals surface area contributed by atoms with Crippen LogP contribution in [0.2, 0.25) is 0 Å². The number of nitrogens with zero attached hydrogens (tertiary/aromatic N) is 3. The van der Waals surface area contributed by atoms with Crippen molar-refractivity contribution in [3.8, 4) is 0 Å². The summed E-state index contributed by atoms with van der Waals surface area (Å²) in [5, 5.41) is 4.35. The highest BCUT2D eigenvalue weighted by atomic mass is 32.2. The molecule has 2 heterocycles. The zero-order chi connectivity index (χ0) is 12.6. The Hall–Kier alpha value is -0.880. The molecule has 1 aliphatic heterocycles. The summed E-state index contributed by atoms with van der Waals surface area (Å²) in [5.74, 6) is 0.238. The van der Waals surface area contributed by atoms with Crippen LogP contribution in [-0.4, -0.2) is 34.8 Å². The van der Waals surface area contributed by atoms with Crippen LogP contribution in [0.1, 0.15) is 30.3 Å². The molecule has 2 rings (SSSR count). The summed E-state index contributed by atoms with van der Waals surface area (Å²) in [7, 11) is -1.17. The molecule has 1 aromatic rings. The molecule has 0 spiro atoms. The molecular weight excluding hydrogens is 238 g/mol. The standard InChI is InChI=1S/C11H19N3O2S/c1-4-7-17(15,16)14-6-5-11-10(8-14)9(2)12-13(11)3/h4-8H2,1-3H3. The summed E-state index contributed by atoms with van der Waals surface area (Å²) in [6, 6.07) is 0. The van der Waals surface area contributed by atoms with Gasteiger partial charge < -0.3 is 0 Å². The third kappa shape index (κ3) is 2.24. The van der Waals surface area contributed by atoms with E-state index in [1.54, 1.807) is 4.31 Å². The van der Waals surface area contributed by atoms with Crippen molar-refractivity contribution in [3.05, 3.63) is 17.0 Å². The minimum Gasteiger partial charge on any atom is -0.272 e. The molecular formula is C11H19N3O2S. The van der Waals surface area contributed by atoms with E-state index in [1.165, 1.54) is 5.69 Å². The first-order valence-corrected chi connectivity index (χ1v) is 7.55. The molecule has 1 aromatic heterocycles. The van der Waals surface area contributed by atoms with Crippen LogP contribution >= 0.6 is 0 Å². The highest BCUT2D eigenvalue weighted by molar-refractivity contribution is 7.89. The van der Waals surface area contributed by atoms with Crippen LogP contribution in [0, 0.1) is 6.92 Å². The second kappa shape index (κ2) is 4.42. The van der Waals surface area contributed by atoms with Gasteiger partial charge in [0.15, 0.2) is 0 Å². The van der Waals surface area contributed by atoms with E-state index in [4.69, 9.17) is 0 Å². The van der Waals surface area contributed by atoms with E-state index in [9.17, 15) is 8.42 Å². The molecule has 0 aromatic carbocycles. The van der Waals surface area contributed by atoms with Crippen molar-refractivity contribution in [2.24, 2.45) is 7.05 Å². The van der Waals surface area contributed by atoms with Gasteiger partial charge in [-0.05, 0) is 13.3 Å². The highest BCUT2D eigenvalue weighted by Gasteiger charge is 2.29. The second-order valence-electron chi connectivity index (χ2n) is 4.53. The van der Waals surface area contributed by atoms with E-state index < -0.39 is 10.0 Å². The average molecular weight is 257 g/mol. The molecule has 5 nitrogen and oxygen atoms in total. The van der Waals surface area contributed by atoms with Crippen LogP contribution in [0.3, 0.4) is 0 Å². The van der Waals surface area contributed by atoms with Gasteiger partial charge in [0, 0.05) is 37.8 Å². The summed E-state index contributed by atoms with van der Waals surface area (Å²) in [4.78, 5) is 0. The quantitative estimate of drug-likeness (QED) is 0.806. The monoisotopic (exact) mass is 257 g/mol. The molecule has 1 aliphatic rings. The molecule has 0 saturated heterocycles. The first-order valence-electron chi connectivity index (χ1n) is 5.95. The van der Waals surface area contributed by atoms with E-state index in [1.807, 2.05) is 25.6 Å². The van der Waals surface area contributed by atoms with E-state index in [0.29, 0.717) is 19.5 Å². The van der Waals surface area contributed by atoms with Crippen molar-refractivity contribution >= 4 is 10.0 Å². The van der Waals surface area contributed by atoms with Crippen molar-refractivity contribution in [2.45, 2.75) is 33.2 Å². The lowest BCUT2D eigenvalue weighted by atomic mass is 10.1. The molecule has 6 heteroatoms. The summed E-state index contributed by atoms with van der Waals surface area (Å²) in [5.41, 5.74) is 3.20. The number of aromatic nitrogens is 2. The maximum atomic E-state index is 12.0. The van der Waals surface area contributed by atoms with E-state index >= 15 is 0 Å². The Morgan fingerprint density at radius 2 is 2.12 bits per heavy atom. The fourth-order valence-corrected chi connectivity index (χ4v) is 3.85. The van der Waals surface area contributed by atoms with Crippen LogP contribution < -0.4 is 0 Å². The minimum absolute atomic E-state index is 0.238. The van der Waals surface area contributed by atoms with Gasteiger partial charge in [-0.1, -0.05) is 6.92 Å². The van der Waals surface area contributed by atoms with Gasteiger partial charge in [0.05, 0.1) is 11.4 Å². The van der Waals surface area contributed by atoms with Crippen LogP contribution in [0.25, 0.3) is 0 Å². The van der Waals surface area contributed by atoms with Crippen LogP contribution in [0.5, 0.6) is 0 Å². The molecule has 0 saturated carbocycles. The van der Waals surface area contributed by atoms with Crippen molar-refractivity contribution in [3.63, 3.8) is 0 Å². The summed E-state index contributed by atoms with van der Waals surface area (Å²) >= 11 is 0. The van der Waals surface area contributed by atoms with E-state index in [0.717, 1.165) is 17.7 Å². The number of aryl methyl sites for hydroxylation is 2. The first-order chi connectivity index (χ1) is 7.95. The van der Waals surface area contributed by atoms with Gasteiger partial charge >= 0.3 is 0 Å². The zero-order valence-electron chi connectivity index (χ0n) is 10.6. The smallest absolute Gasteiger partial charge is 0.214 e. The second-order valence-corrected chi connectivity index (χ2v) is 6.62. The first kappa shape index (κ1) is 12.6. The molecule has 0 N–H and O–H groups in total. The molecule has 0 atom stereocenters. The average Bonchev–Trinajstić information content (AvgIpc) is 2.54. The Morgan fingerprint density at radius 3 is 2.76 bits per heavy atom. The van der Waals surface area contributed by atoms with Gasteiger partial charge in [0.2, 0.25) is 10.0 Å². The lowest BCUT2D eigenvalue weighted by molar-refractivity contribution is 0.385. The number of hydrogen-bond acceptors (Lipinski definition) is 3. The van der Waals surface area contributed by atoms with Gasteiger partial charge in [0.1, 0.15) is 0 Å². The Balaban J connectivity index is 2.27. The largest absolute Gasteiger partial charge is 0.272 e. The summed E-state index contributed by atoms with van der Waals surface area (Å²) in [6.07, 6.45) is 1.42. The van der Waals surface area contributed by atoms with Crippen molar-refractivity contribution < 1.29 is 8.42 Å². The Bertz CT molecular complexity index is 519. The number of fused-ring (bicyclic) bond motifs is 1. The Morgan fingerprint density at radius 1 is 1.41 bits per heavy atom. The molecule has 0 radical (unpaired) electrons. The lowest BCUT2D eigenvalue weighted by Gasteiger charge is -2.26. The van der Waals surface area contributed by atoms with Gasteiger partial charge in [-0.3, -0.25) is 4.68 Å². The van der Waals surface area contributed by atoms with Crippen molar-refractivity contribution in [1.29, 1.82) is 0 Å². The van der Waals surface area contributed by atoms with Crippen LogP contribution in [0.15, 0.2) is 0 Å². The maximum absolute atomic E-state index is 12.0. The predicted octanol–water partition coefficient (Wildman–Crippen LogP) is 0.826. The topological polar surface area (TPSA) is 55.2 Å². The predicted molar refractivity (Wildman–Crippen MR) is 66.1 cm³/mol.